The van der Waals surface area contributed by atoms with Gasteiger partial charge in [-0.2, -0.15) is 5.26 Å². The molecule has 86 valence electrons. The van der Waals surface area contributed by atoms with Gasteiger partial charge in [0, 0.05) is 24.2 Å². The Kier molecular flexibility index (Phi) is 4.45. The summed E-state index contributed by atoms with van der Waals surface area (Å²) in [5.41, 5.74) is 2.47. The number of rotatable bonds is 3. The Morgan fingerprint density at radius 1 is 1.53 bits per heavy atom. The first kappa shape index (κ1) is 12.5. The highest BCUT2D eigenvalue weighted by Crippen LogP contribution is 2.19. The predicted molar refractivity (Wildman–Crippen MR) is 64.3 cm³/mol. The molecule has 2 amide bonds. The highest BCUT2D eigenvalue weighted by molar-refractivity contribution is 5.82. The minimum atomic E-state index is -0.583. The number of nitriles is 1. The molecule has 0 bridgehead atoms. The van der Waals surface area contributed by atoms with E-state index in [4.69, 9.17) is 5.26 Å². The van der Waals surface area contributed by atoms with Crippen molar-refractivity contribution in [2.45, 2.75) is 6.92 Å². The Balaban J connectivity index is 2.88. The van der Waals surface area contributed by atoms with Crippen molar-refractivity contribution in [2.75, 3.05) is 0 Å². The van der Waals surface area contributed by atoms with E-state index in [2.05, 4.69) is 16.9 Å². The van der Waals surface area contributed by atoms with E-state index in [1.807, 2.05) is 24.4 Å². The molecule has 0 fully saturated rings. The van der Waals surface area contributed by atoms with Crippen molar-refractivity contribution < 1.29 is 4.79 Å². The number of urea groups is 1. The van der Waals surface area contributed by atoms with Crippen LogP contribution in [0.15, 0.2) is 42.9 Å². The van der Waals surface area contributed by atoms with Crippen molar-refractivity contribution in [3.63, 3.8) is 0 Å². The molecular formula is C12H12N4O. The lowest BCUT2D eigenvalue weighted by Gasteiger charge is -2.07. The van der Waals surface area contributed by atoms with Crippen LogP contribution in [-0.2, 0) is 0 Å². The Labute approximate surface area is 99.5 Å². The van der Waals surface area contributed by atoms with Gasteiger partial charge in [-0.25, -0.2) is 10.1 Å². The zero-order valence-electron chi connectivity index (χ0n) is 9.40. The fraction of sp³-hybridized carbons (Fsp3) is 0.0833. The number of allylic oxidation sites excluding steroid dienone is 2. The molecule has 1 aromatic rings. The lowest BCUT2D eigenvalue weighted by Crippen LogP contribution is -2.28. The lowest BCUT2D eigenvalue weighted by atomic mass is 10.0. The van der Waals surface area contributed by atoms with Gasteiger partial charge in [-0.3, -0.25) is 4.98 Å². The van der Waals surface area contributed by atoms with E-state index in [0.717, 1.165) is 16.7 Å². The molecule has 5 nitrogen and oxygen atoms in total. The molecule has 1 aromatic heterocycles. The molecule has 5 heteroatoms. The van der Waals surface area contributed by atoms with Crippen LogP contribution in [0.2, 0.25) is 0 Å². The zero-order valence-corrected chi connectivity index (χ0v) is 9.40. The van der Waals surface area contributed by atoms with Gasteiger partial charge in [0.2, 0.25) is 0 Å². The summed E-state index contributed by atoms with van der Waals surface area (Å²) >= 11 is 0. The van der Waals surface area contributed by atoms with Crippen LogP contribution in [-0.4, -0.2) is 11.0 Å². The summed E-state index contributed by atoms with van der Waals surface area (Å²) in [6.45, 7) is 5.66. The largest absolute Gasteiger partial charge is 0.331 e. The second-order valence-corrected chi connectivity index (χ2v) is 3.28. The molecule has 0 aliphatic heterocycles. The van der Waals surface area contributed by atoms with Crippen molar-refractivity contribution in [2.24, 2.45) is 0 Å². The monoisotopic (exact) mass is 228 g/mol. The quantitative estimate of drug-likeness (QED) is 0.470. The number of nitrogens with one attached hydrogen (secondary N) is 2. The van der Waals surface area contributed by atoms with Crippen LogP contribution in [0.3, 0.4) is 0 Å². The van der Waals surface area contributed by atoms with Gasteiger partial charge in [-0.15, -0.1) is 0 Å². The van der Waals surface area contributed by atoms with Gasteiger partial charge in [0.1, 0.15) is 0 Å². The number of hydrogen-bond donors (Lipinski definition) is 2. The molecule has 1 rings (SSSR count). The second-order valence-electron chi connectivity index (χ2n) is 3.28. The smallest absolute Gasteiger partial charge is 0.313 e. The highest BCUT2D eigenvalue weighted by atomic mass is 16.2. The van der Waals surface area contributed by atoms with Gasteiger partial charge in [0.05, 0.1) is 0 Å². The average Bonchev–Trinajstić information content (AvgIpc) is 2.30. The number of carbonyl (C=O) groups excluding carboxylic acids is 1. The Morgan fingerprint density at radius 3 is 2.71 bits per heavy atom. The van der Waals surface area contributed by atoms with Crippen LogP contribution < -0.4 is 10.6 Å². The molecule has 1 heterocycles. The van der Waals surface area contributed by atoms with Gasteiger partial charge in [0.15, 0.2) is 6.19 Å². The Hall–Kier alpha value is -2.61. The van der Waals surface area contributed by atoms with Crippen molar-refractivity contribution in [3.8, 4) is 6.19 Å². The van der Waals surface area contributed by atoms with Crippen molar-refractivity contribution >= 4 is 11.6 Å². The van der Waals surface area contributed by atoms with Crippen molar-refractivity contribution in [3.05, 3.63) is 48.4 Å². The predicted octanol–water partition coefficient (Wildman–Crippen LogP) is 1.78. The van der Waals surface area contributed by atoms with E-state index in [0.29, 0.717) is 0 Å². The summed E-state index contributed by atoms with van der Waals surface area (Å²) in [6.07, 6.45) is 6.35. The molecule has 0 aliphatic carbocycles. The van der Waals surface area contributed by atoms with Gasteiger partial charge in [-0.1, -0.05) is 6.58 Å². The van der Waals surface area contributed by atoms with Gasteiger partial charge >= 0.3 is 6.03 Å². The third-order valence-corrected chi connectivity index (χ3v) is 1.97. The summed E-state index contributed by atoms with van der Waals surface area (Å²) in [5, 5.41) is 12.7. The van der Waals surface area contributed by atoms with Gasteiger partial charge < -0.3 is 5.32 Å². The van der Waals surface area contributed by atoms with E-state index in [1.54, 1.807) is 12.4 Å². The molecule has 0 aromatic carbocycles. The maximum Gasteiger partial charge on any atom is 0.331 e. The minimum Gasteiger partial charge on any atom is -0.313 e. The molecule has 17 heavy (non-hydrogen) atoms. The number of aromatic nitrogens is 1. The normalized spacial score (nSPS) is 10.2. The number of pyridine rings is 1. The van der Waals surface area contributed by atoms with E-state index in [1.165, 1.54) is 12.4 Å². The summed E-state index contributed by atoms with van der Waals surface area (Å²) in [6, 6.07) is 3.04. The fourth-order valence-corrected chi connectivity index (χ4v) is 1.21. The van der Waals surface area contributed by atoms with Crippen LogP contribution in [0.4, 0.5) is 4.79 Å². The molecular weight excluding hydrogens is 216 g/mol. The molecule has 0 saturated heterocycles. The standard InChI is InChI=1S/C12H12N4O/c1-9(2)11(7-15-12(17)16-8-13)10-3-5-14-6-4-10/h3-7H,1H2,2H3,(H2,15,16,17)/b11-7+. The van der Waals surface area contributed by atoms with Crippen LogP contribution in [0.5, 0.6) is 0 Å². The number of carbonyl (C=O) groups is 1. The molecule has 2 N–H and O–H groups in total. The fourth-order valence-electron chi connectivity index (χ4n) is 1.21. The zero-order chi connectivity index (χ0) is 12.7. The van der Waals surface area contributed by atoms with Crippen molar-refractivity contribution in [1.82, 2.24) is 15.6 Å². The van der Waals surface area contributed by atoms with E-state index >= 15 is 0 Å². The first-order valence-electron chi connectivity index (χ1n) is 4.87. The first-order valence-corrected chi connectivity index (χ1v) is 4.87. The topological polar surface area (TPSA) is 77.8 Å². The van der Waals surface area contributed by atoms with Gasteiger partial charge in [-0.05, 0) is 30.2 Å². The highest BCUT2D eigenvalue weighted by Gasteiger charge is 2.03. The third kappa shape index (κ3) is 3.80. The van der Waals surface area contributed by atoms with E-state index in [9.17, 15) is 4.79 Å². The van der Waals surface area contributed by atoms with E-state index < -0.39 is 6.03 Å². The first-order chi connectivity index (χ1) is 8.15. The summed E-state index contributed by atoms with van der Waals surface area (Å²) in [4.78, 5) is 15.0. The minimum absolute atomic E-state index is 0.583. The molecule has 0 aliphatic rings. The lowest BCUT2D eigenvalue weighted by molar-refractivity contribution is 0.248. The second kappa shape index (κ2) is 6.08. The molecule has 0 atom stereocenters. The Bertz CT molecular complexity index is 485. The maximum atomic E-state index is 11.1. The summed E-state index contributed by atoms with van der Waals surface area (Å²) in [5.74, 6) is 0. The molecule has 0 unspecified atom stereocenters. The number of hydrogen-bond acceptors (Lipinski definition) is 3. The van der Waals surface area contributed by atoms with Crippen molar-refractivity contribution in [1.29, 1.82) is 5.26 Å². The van der Waals surface area contributed by atoms with Crippen LogP contribution in [0.1, 0.15) is 12.5 Å². The van der Waals surface area contributed by atoms with E-state index in [-0.39, 0.29) is 0 Å². The van der Waals surface area contributed by atoms with Crippen LogP contribution in [0, 0.1) is 11.5 Å². The average molecular weight is 228 g/mol. The summed E-state index contributed by atoms with van der Waals surface area (Å²) in [7, 11) is 0. The SMILES string of the molecule is C=C(C)/C(=C\NC(=O)NC#N)c1ccncc1. The molecule has 0 spiro atoms. The summed E-state index contributed by atoms with van der Waals surface area (Å²) < 4.78 is 0. The molecule has 0 radical (unpaired) electrons. The van der Waals surface area contributed by atoms with Crippen LogP contribution >= 0.6 is 0 Å². The third-order valence-electron chi connectivity index (χ3n) is 1.97. The van der Waals surface area contributed by atoms with Gasteiger partial charge in [0.25, 0.3) is 0 Å². The maximum absolute atomic E-state index is 11.1. The number of nitrogens with zero attached hydrogens (tertiary/aromatic N) is 2. The number of amides is 2. The molecule has 0 saturated carbocycles. The Morgan fingerprint density at radius 2 is 2.18 bits per heavy atom. The van der Waals surface area contributed by atoms with Crippen LogP contribution in [0.25, 0.3) is 5.57 Å².